The van der Waals surface area contributed by atoms with Crippen molar-refractivity contribution in [1.82, 2.24) is 4.90 Å². The van der Waals surface area contributed by atoms with Gasteiger partial charge in [0, 0.05) is 12.6 Å². The van der Waals surface area contributed by atoms with Gasteiger partial charge < -0.3 is 10.2 Å². The summed E-state index contributed by atoms with van der Waals surface area (Å²) in [5.41, 5.74) is 0.707. The Morgan fingerprint density at radius 2 is 2.05 bits per heavy atom. The van der Waals surface area contributed by atoms with Crippen LogP contribution < -0.4 is 5.32 Å². The van der Waals surface area contributed by atoms with Crippen LogP contribution in [0.15, 0.2) is 18.2 Å². The quantitative estimate of drug-likeness (QED) is 0.900. The van der Waals surface area contributed by atoms with E-state index < -0.39 is 5.82 Å². The molecule has 1 aliphatic rings. The van der Waals surface area contributed by atoms with Crippen molar-refractivity contribution in [3.63, 3.8) is 0 Å². The maximum absolute atomic E-state index is 13.6. The molecule has 1 aliphatic carbocycles. The lowest BCUT2D eigenvalue weighted by Gasteiger charge is -2.35. The van der Waals surface area contributed by atoms with Crippen molar-refractivity contribution in [1.29, 1.82) is 5.26 Å². The average molecular weight is 289 g/mol. The summed E-state index contributed by atoms with van der Waals surface area (Å²) in [5, 5.41) is 12.4. The van der Waals surface area contributed by atoms with Crippen molar-refractivity contribution in [2.75, 3.05) is 26.0 Å². The van der Waals surface area contributed by atoms with Gasteiger partial charge in [0.15, 0.2) is 0 Å². The van der Waals surface area contributed by atoms with Crippen LogP contribution in [0.4, 0.5) is 10.1 Å². The summed E-state index contributed by atoms with van der Waals surface area (Å²) in [7, 11) is 4.19. The van der Waals surface area contributed by atoms with Crippen molar-refractivity contribution in [2.24, 2.45) is 5.92 Å². The van der Waals surface area contributed by atoms with Gasteiger partial charge >= 0.3 is 0 Å². The maximum atomic E-state index is 13.6. The van der Waals surface area contributed by atoms with Gasteiger partial charge in [0.2, 0.25) is 0 Å². The SMILES string of the molecule is CN(C)C(CNc1cccc(F)c1C#N)C1CCCCC1. The second kappa shape index (κ2) is 7.42. The largest absolute Gasteiger partial charge is 0.382 e. The van der Waals surface area contributed by atoms with E-state index in [1.807, 2.05) is 6.07 Å². The molecule has 1 unspecified atom stereocenters. The zero-order chi connectivity index (χ0) is 15.2. The smallest absolute Gasteiger partial charge is 0.143 e. The molecule has 1 aromatic carbocycles. The van der Waals surface area contributed by atoms with Gasteiger partial charge in [-0.05, 0) is 45.0 Å². The third-order valence-electron chi connectivity index (χ3n) is 4.48. The van der Waals surface area contributed by atoms with Gasteiger partial charge in [0.1, 0.15) is 17.4 Å². The van der Waals surface area contributed by atoms with Crippen LogP contribution in [-0.4, -0.2) is 31.6 Å². The van der Waals surface area contributed by atoms with Crippen molar-refractivity contribution in [3.05, 3.63) is 29.6 Å². The van der Waals surface area contributed by atoms with Gasteiger partial charge in [-0.3, -0.25) is 0 Å². The Kier molecular flexibility index (Phi) is 5.58. The number of nitrogens with one attached hydrogen (secondary N) is 1. The normalized spacial score (nSPS) is 17.5. The van der Waals surface area contributed by atoms with E-state index in [2.05, 4.69) is 24.3 Å². The number of halogens is 1. The van der Waals surface area contributed by atoms with E-state index in [-0.39, 0.29) is 5.56 Å². The van der Waals surface area contributed by atoms with Crippen LogP contribution in [-0.2, 0) is 0 Å². The molecule has 0 amide bonds. The Bertz CT molecular complexity index is 501. The summed E-state index contributed by atoms with van der Waals surface area (Å²) in [4.78, 5) is 2.24. The summed E-state index contributed by atoms with van der Waals surface area (Å²) in [6, 6.07) is 7.11. The van der Waals surface area contributed by atoms with Gasteiger partial charge in [0.05, 0.1) is 5.69 Å². The molecule has 2 rings (SSSR count). The number of nitriles is 1. The molecule has 0 aromatic heterocycles. The predicted octanol–water partition coefficient (Wildman–Crippen LogP) is 3.62. The topological polar surface area (TPSA) is 39.1 Å². The summed E-state index contributed by atoms with van der Waals surface area (Å²) in [6.07, 6.45) is 6.47. The van der Waals surface area contributed by atoms with Crippen LogP contribution in [0.2, 0.25) is 0 Å². The minimum absolute atomic E-state index is 0.110. The van der Waals surface area contributed by atoms with Gasteiger partial charge in [-0.2, -0.15) is 5.26 Å². The lowest BCUT2D eigenvalue weighted by molar-refractivity contribution is 0.179. The number of hydrogen-bond acceptors (Lipinski definition) is 3. The first kappa shape index (κ1) is 15.8. The fourth-order valence-corrected chi connectivity index (χ4v) is 3.29. The zero-order valence-electron chi connectivity index (χ0n) is 12.9. The molecule has 1 N–H and O–H groups in total. The molecular formula is C17H24FN3. The summed E-state index contributed by atoms with van der Waals surface area (Å²) >= 11 is 0. The molecule has 21 heavy (non-hydrogen) atoms. The maximum Gasteiger partial charge on any atom is 0.143 e. The van der Waals surface area contributed by atoms with Crippen molar-refractivity contribution >= 4 is 5.69 Å². The van der Waals surface area contributed by atoms with E-state index in [1.165, 1.54) is 38.2 Å². The number of rotatable bonds is 5. The molecule has 0 saturated heterocycles. The van der Waals surface area contributed by atoms with Crippen LogP contribution in [0.25, 0.3) is 0 Å². The Hall–Kier alpha value is -1.60. The molecular weight excluding hydrogens is 265 g/mol. The van der Waals surface area contributed by atoms with Crippen molar-refractivity contribution in [2.45, 2.75) is 38.1 Å². The minimum atomic E-state index is -0.457. The number of anilines is 1. The highest BCUT2D eigenvalue weighted by Gasteiger charge is 2.25. The standard InChI is InChI=1S/C17H24FN3/c1-21(2)17(13-7-4-3-5-8-13)12-20-16-10-6-9-15(18)14(16)11-19/h6,9-10,13,17,20H,3-5,7-8,12H2,1-2H3. The molecule has 0 bridgehead atoms. The lowest BCUT2D eigenvalue weighted by atomic mass is 9.83. The van der Waals surface area contributed by atoms with Crippen molar-refractivity contribution in [3.8, 4) is 6.07 Å². The van der Waals surface area contributed by atoms with Gasteiger partial charge in [0.25, 0.3) is 0 Å². The number of likely N-dealkylation sites (N-methyl/N-ethyl adjacent to an activating group) is 1. The molecule has 0 spiro atoms. The van der Waals surface area contributed by atoms with Crippen LogP contribution in [0.3, 0.4) is 0 Å². The molecule has 1 saturated carbocycles. The highest BCUT2D eigenvalue weighted by atomic mass is 19.1. The van der Waals surface area contributed by atoms with Gasteiger partial charge in [-0.1, -0.05) is 25.3 Å². The van der Waals surface area contributed by atoms with Crippen LogP contribution in [0.5, 0.6) is 0 Å². The Morgan fingerprint density at radius 1 is 1.33 bits per heavy atom. The highest BCUT2D eigenvalue weighted by molar-refractivity contribution is 5.57. The first-order valence-electron chi connectivity index (χ1n) is 7.72. The monoisotopic (exact) mass is 289 g/mol. The van der Waals surface area contributed by atoms with Gasteiger partial charge in [-0.25, -0.2) is 4.39 Å². The molecule has 4 heteroatoms. The highest BCUT2D eigenvalue weighted by Crippen LogP contribution is 2.29. The molecule has 0 aliphatic heterocycles. The first-order chi connectivity index (χ1) is 10.1. The van der Waals surface area contributed by atoms with Crippen molar-refractivity contribution < 1.29 is 4.39 Å². The number of hydrogen-bond donors (Lipinski definition) is 1. The Morgan fingerprint density at radius 3 is 2.67 bits per heavy atom. The second-order valence-electron chi connectivity index (χ2n) is 6.08. The zero-order valence-corrected chi connectivity index (χ0v) is 12.9. The minimum Gasteiger partial charge on any atom is -0.382 e. The first-order valence-corrected chi connectivity index (χ1v) is 7.72. The third-order valence-corrected chi connectivity index (χ3v) is 4.48. The van der Waals surface area contributed by atoms with Crippen LogP contribution >= 0.6 is 0 Å². The fraction of sp³-hybridized carbons (Fsp3) is 0.588. The molecule has 1 aromatic rings. The van der Waals surface area contributed by atoms with E-state index >= 15 is 0 Å². The summed E-state index contributed by atoms with van der Waals surface area (Å²) in [6.45, 7) is 0.746. The number of nitrogens with zero attached hydrogens (tertiary/aromatic N) is 2. The molecule has 1 fully saturated rings. The lowest BCUT2D eigenvalue weighted by Crippen LogP contribution is -2.41. The second-order valence-corrected chi connectivity index (χ2v) is 6.08. The molecule has 0 heterocycles. The third kappa shape index (κ3) is 3.95. The van der Waals surface area contributed by atoms with Gasteiger partial charge in [-0.15, -0.1) is 0 Å². The summed E-state index contributed by atoms with van der Waals surface area (Å²) < 4.78 is 13.6. The molecule has 1 atom stereocenters. The van der Waals surface area contributed by atoms with E-state index in [4.69, 9.17) is 5.26 Å². The molecule has 0 radical (unpaired) electrons. The number of benzene rings is 1. The fourth-order valence-electron chi connectivity index (χ4n) is 3.29. The van der Waals surface area contributed by atoms with E-state index in [0.717, 1.165) is 6.54 Å². The van der Waals surface area contributed by atoms with E-state index in [9.17, 15) is 4.39 Å². The summed E-state index contributed by atoms with van der Waals surface area (Å²) in [5.74, 6) is 0.224. The Balaban J connectivity index is 2.05. The van der Waals surface area contributed by atoms with E-state index in [0.29, 0.717) is 17.6 Å². The molecule has 3 nitrogen and oxygen atoms in total. The van der Waals surface area contributed by atoms with Crippen LogP contribution in [0, 0.1) is 23.1 Å². The van der Waals surface area contributed by atoms with E-state index in [1.54, 1.807) is 12.1 Å². The average Bonchev–Trinajstić information content (AvgIpc) is 2.48. The van der Waals surface area contributed by atoms with Crippen LogP contribution in [0.1, 0.15) is 37.7 Å². The molecule has 114 valence electrons. The Labute approximate surface area is 126 Å². The predicted molar refractivity (Wildman–Crippen MR) is 83.7 cm³/mol.